The summed E-state index contributed by atoms with van der Waals surface area (Å²) in [6.45, 7) is 6.54. The Morgan fingerprint density at radius 2 is 1.87 bits per heavy atom. The van der Waals surface area contributed by atoms with Gasteiger partial charge in [0, 0.05) is 31.1 Å². The molecule has 15 heavy (non-hydrogen) atoms. The van der Waals surface area contributed by atoms with Crippen molar-refractivity contribution in [2.75, 3.05) is 13.1 Å². The van der Waals surface area contributed by atoms with Crippen molar-refractivity contribution in [2.24, 2.45) is 11.3 Å². The number of amides is 1. The van der Waals surface area contributed by atoms with Gasteiger partial charge in [0.15, 0.2) is 0 Å². The summed E-state index contributed by atoms with van der Waals surface area (Å²) in [5, 5.41) is 3.37. The monoisotopic (exact) mass is 208 g/mol. The van der Waals surface area contributed by atoms with Crippen LogP contribution in [0.1, 0.15) is 33.1 Å². The summed E-state index contributed by atoms with van der Waals surface area (Å²) in [7, 11) is 0. The molecular weight excluding hydrogens is 188 g/mol. The number of hydrogen-bond donors (Lipinski definition) is 1. The second kappa shape index (κ2) is 2.97. The summed E-state index contributed by atoms with van der Waals surface area (Å²) < 4.78 is 0. The Kier molecular flexibility index (Phi) is 1.91. The lowest BCUT2D eigenvalue weighted by molar-refractivity contribution is -0.159. The van der Waals surface area contributed by atoms with E-state index in [1.165, 1.54) is 6.42 Å². The number of carbonyl (C=O) groups excluding carboxylic acids is 1. The van der Waals surface area contributed by atoms with Crippen LogP contribution in [0.25, 0.3) is 0 Å². The first-order valence-electron chi connectivity index (χ1n) is 6.10. The number of carbonyl (C=O) groups is 1. The van der Waals surface area contributed by atoms with E-state index in [0.717, 1.165) is 25.9 Å². The molecule has 2 saturated heterocycles. The van der Waals surface area contributed by atoms with Gasteiger partial charge in [-0.2, -0.15) is 0 Å². The van der Waals surface area contributed by atoms with Crippen LogP contribution >= 0.6 is 0 Å². The fourth-order valence-corrected chi connectivity index (χ4v) is 3.50. The van der Waals surface area contributed by atoms with E-state index in [2.05, 4.69) is 24.1 Å². The molecule has 3 aliphatic rings. The van der Waals surface area contributed by atoms with Crippen molar-refractivity contribution >= 4 is 5.91 Å². The first kappa shape index (κ1) is 9.64. The van der Waals surface area contributed by atoms with E-state index in [-0.39, 0.29) is 0 Å². The minimum atomic E-state index is 0.336. The van der Waals surface area contributed by atoms with Gasteiger partial charge in [-0.1, -0.05) is 13.8 Å². The van der Waals surface area contributed by atoms with Gasteiger partial charge in [-0.25, -0.2) is 0 Å². The Labute approximate surface area is 91.2 Å². The Balaban J connectivity index is 1.62. The molecule has 0 radical (unpaired) electrons. The molecule has 3 fully saturated rings. The summed E-state index contributed by atoms with van der Waals surface area (Å²) in [4.78, 5) is 14.4. The third-order valence-corrected chi connectivity index (χ3v) is 4.29. The normalized spacial score (nSPS) is 38.1. The van der Waals surface area contributed by atoms with Gasteiger partial charge < -0.3 is 10.2 Å². The topological polar surface area (TPSA) is 32.3 Å². The largest absolute Gasteiger partial charge is 0.334 e. The quantitative estimate of drug-likeness (QED) is 0.697. The maximum Gasteiger partial charge on any atom is 0.226 e. The third-order valence-electron chi connectivity index (χ3n) is 4.29. The van der Waals surface area contributed by atoms with Crippen LogP contribution in [0, 0.1) is 11.3 Å². The number of nitrogens with one attached hydrogen (secondary N) is 1. The van der Waals surface area contributed by atoms with Crippen LogP contribution in [0.5, 0.6) is 0 Å². The van der Waals surface area contributed by atoms with Crippen molar-refractivity contribution in [3.05, 3.63) is 0 Å². The minimum Gasteiger partial charge on any atom is -0.334 e. The highest BCUT2D eigenvalue weighted by Gasteiger charge is 2.49. The number of nitrogens with zero attached hydrogens (tertiary/aromatic N) is 1. The SMILES string of the molecule is CC1(C)CC(C(=O)N2C3CNCC2C3)C1. The average Bonchev–Trinajstić information content (AvgIpc) is 2.15. The Bertz CT molecular complexity index is 278. The lowest BCUT2D eigenvalue weighted by Crippen LogP contribution is -2.70. The number of rotatable bonds is 1. The van der Waals surface area contributed by atoms with Gasteiger partial charge in [-0.15, -0.1) is 0 Å². The average molecular weight is 208 g/mol. The molecule has 0 aromatic rings. The van der Waals surface area contributed by atoms with Crippen LogP contribution < -0.4 is 5.32 Å². The Hall–Kier alpha value is -0.570. The molecule has 0 aromatic heterocycles. The molecule has 1 aliphatic carbocycles. The van der Waals surface area contributed by atoms with Gasteiger partial charge in [0.05, 0.1) is 0 Å². The Morgan fingerprint density at radius 3 is 2.33 bits per heavy atom. The molecule has 2 aliphatic heterocycles. The van der Waals surface area contributed by atoms with Crippen molar-refractivity contribution in [1.82, 2.24) is 10.2 Å². The number of piperazine rings is 1. The standard InChI is InChI=1S/C12H20N2O/c1-12(2)4-8(5-12)11(15)14-9-3-10(14)7-13-6-9/h8-10,13H,3-7H2,1-2H3. The number of fused-ring (bicyclic) bond motifs is 2. The molecule has 3 rings (SSSR count). The van der Waals surface area contributed by atoms with Crippen LogP contribution in [-0.2, 0) is 4.79 Å². The third kappa shape index (κ3) is 1.40. The van der Waals surface area contributed by atoms with Crippen LogP contribution in [0.15, 0.2) is 0 Å². The molecule has 84 valence electrons. The number of hydrogen-bond acceptors (Lipinski definition) is 2. The van der Waals surface area contributed by atoms with E-state index in [1.807, 2.05) is 0 Å². The van der Waals surface area contributed by atoms with E-state index in [1.54, 1.807) is 0 Å². The zero-order chi connectivity index (χ0) is 10.6. The number of piperidine rings is 1. The predicted molar refractivity (Wildman–Crippen MR) is 58.4 cm³/mol. The van der Waals surface area contributed by atoms with E-state index >= 15 is 0 Å². The molecule has 2 bridgehead atoms. The van der Waals surface area contributed by atoms with Crippen molar-refractivity contribution < 1.29 is 4.79 Å². The molecule has 0 spiro atoms. The minimum absolute atomic E-state index is 0.336. The van der Waals surface area contributed by atoms with Gasteiger partial charge in [-0.3, -0.25) is 4.79 Å². The van der Waals surface area contributed by atoms with E-state index in [0.29, 0.717) is 29.3 Å². The summed E-state index contributed by atoms with van der Waals surface area (Å²) >= 11 is 0. The molecule has 0 aromatic carbocycles. The maximum absolute atomic E-state index is 12.2. The maximum atomic E-state index is 12.2. The van der Waals surface area contributed by atoms with Gasteiger partial charge in [0.2, 0.25) is 5.91 Å². The van der Waals surface area contributed by atoms with Crippen molar-refractivity contribution in [3.63, 3.8) is 0 Å². The molecule has 1 saturated carbocycles. The summed E-state index contributed by atoms with van der Waals surface area (Å²) in [5.41, 5.74) is 0.415. The van der Waals surface area contributed by atoms with Crippen LogP contribution in [-0.4, -0.2) is 36.0 Å². The van der Waals surface area contributed by atoms with Crippen molar-refractivity contribution in [2.45, 2.75) is 45.2 Å². The van der Waals surface area contributed by atoms with Crippen LogP contribution in [0.4, 0.5) is 0 Å². The molecule has 1 amide bonds. The zero-order valence-corrected chi connectivity index (χ0v) is 9.62. The molecule has 2 atom stereocenters. The van der Waals surface area contributed by atoms with Gasteiger partial charge in [0.25, 0.3) is 0 Å². The summed E-state index contributed by atoms with van der Waals surface area (Å²) in [5.74, 6) is 0.778. The van der Waals surface area contributed by atoms with E-state index in [9.17, 15) is 4.79 Å². The second-order valence-electron chi connectivity index (χ2n) is 6.22. The van der Waals surface area contributed by atoms with E-state index < -0.39 is 0 Å². The van der Waals surface area contributed by atoms with Crippen molar-refractivity contribution in [1.29, 1.82) is 0 Å². The van der Waals surface area contributed by atoms with Crippen LogP contribution in [0.3, 0.4) is 0 Å². The first-order chi connectivity index (χ1) is 7.07. The highest BCUT2D eigenvalue weighted by Crippen LogP contribution is 2.47. The van der Waals surface area contributed by atoms with E-state index in [4.69, 9.17) is 0 Å². The van der Waals surface area contributed by atoms with Gasteiger partial charge in [-0.05, 0) is 24.7 Å². The summed E-state index contributed by atoms with van der Waals surface area (Å²) in [6.07, 6.45) is 3.42. The smallest absolute Gasteiger partial charge is 0.226 e. The molecule has 2 heterocycles. The van der Waals surface area contributed by atoms with Gasteiger partial charge >= 0.3 is 0 Å². The second-order valence-corrected chi connectivity index (χ2v) is 6.22. The molecule has 2 unspecified atom stereocenters. The molecule has 3 nitrogen and oxygen atoms in total. The van der Waals surface area contributed by atoms with Crippen LogP contribution in [0.2, 0.25) is 0 Å². The Morgan fingerprint density at radius 1 is 1.27 bits per heavy atom. The lowest BCUT2D eigenvalue weighted by Gasteiger charge is -2.56. The van der Waals surface area contributed by atoms with Crippen molar-refractivity contribution in [3.8, 4) is 0 Å². The van der Waals surface area contributed by atoms with Gasteiger partial charge in [0.1, 0.15) is 0 Å². The first-order valence-corrected chi connectivity index (χ1v) is 6.10. The lowest BCUT2D eigenvalue weighted by atomic mass is 9.63. The predicted octanol–water partition coefficient (Wildman–Crippen LogP) is 0.995. The fourth-order valence-electron chi connectivity index (χ4n) is 3.50. The highest BCUT2D eigenvalue weighted by molar-refractivity contribution is 5.81. The molecular formula is C12H20N2O. The zero-order valence-electron chi connectivity index (χ0n) is 9.62. The highest BCUT2D eigenvalue weighted by atomic mass is 16.2. The fraction of sp³-hybridized carbons (Fsp3) is 0.917. The molecule has 1 N–H and O–H groups in total. The summed E-state index contributed by atoms with van der Waals surface area (Å²) in [6, 6.07) is 1.03. The molecule has 3 heteroatoms.